The first-order valence-electron chi connectivity index (χ1n) is 11.5. The summed E-state index contributed by atoms with van der Waals surface area (Å²) in [6.07, 6.45) is 2.89. The number of imide groups is 1. The quantitative estimate of drug-likeness (QED) is 0.755. The standard InChI is InChI=1S/C26H29N3O3/c1-17-4-2-3-5-20(17)15-28-12-10-18(11-13-28)19-6-7-22-21(14-19)16-29(26(22)32)23-8-9-24(30)27-25(23)31/h2-7,14,18,23H,8-13,15-16H2,1H3,(H,27,30,31). The predicted molar refractivity (Wildman–Crippen MR) is 121 cm³/mol. The number of carbonyl (C=O) groups excluding carboxylic acids is 3. The average molecular weight is 432 g/mol. The number of hydrogen-bond acceptors (Lipinski definition) is 4. The zero-order chi connectivity index (χ0) is 22.2. The number of benzene rings is 2. The lowest BCUT2D eigenvalue weighted by Gasteiger charge is -2.32. The van der Waals surface area contributed by atoms with Gasteiger partial charge in [-0.05, 0) is 73.5 Å². The van der Waals surface area contributed by atoms with Crippen molar-refractivity contribution in [1.29, 1.82) is 0 Å². The maximum atomic E-state index is 12.9. The normalized spacial score (nSPS) is 22.2. The lowest BCUT2D eigenvalue weighted by Crippen LogP contribution is -2.52. The maximum Gasteiger partial charge on any atom is 0.255 e. The molecule has 166 valence electrons. The van der Waals surface area contributed by atoms with E-state index in [1.807, 2.05) is 6.07 Å². The molecule has 6 nitrogen and oxygen atoms in total. The summed E-state index contributed by atoms with van der Waals surface area (Å²) in [6, 6.07) is 14.2. The van der Waals surface area contributed by atoms with Crippen LogP contribution in [-0.4, -0.2) is 46.7 Å². The van der Waals surface area contributed by atoms with Crippen molar-refractivity contribution < 1.29 is 14.4 Å². The molecule has 0 aliphatic carbocycles. The molecule has 0 aromatic heterocycles. The molecule has 2 saturated heterocycles. The number of amides is 3. The Labute approximate surface area is 188 Å². The zero-order valence-electron chi connectivity index (χ0n) is 18.5. The Morgan fingerprint density at radius 2 is 1.78 bits per heavy atom. The number of aryl methyl sites for hydroxylation is 1. The van der Waals surface area contributed by atoms with Gasteiger partial charge >= 0.3 is 0 Å². The number of rotatable bonds is 4. The first kappa shape index (κ1) is 20.9. The highest BCUT2D eigenvalue weighted by molar-refractivity contribution is 6.05. The van der Waals surface area contributed by atoms with Crippen molar-refractivity contribution in [1.82, 2.24) is 15.1 Å². The fraction of sp³-hybridized carbons (Fsp3) is 0.423. The van der Waals surface area contributed by atoms with Crippen molar-refractivity contribution >= 4 is 17.7 Å². The summed E-state index contributed by atoms with van der Waals surface area (Å²) >= 11 is 0. The van der Waals surface area contributed by atoms with E-state index in [9.17, 15) is 14.4 Å². The predicted octanol–water partition coefficient (Wildman–Crippen LogP) is 3.14. The SMILES string of the molecule is Cc1ccccc1CN1CCC(c2ccc3c(c2)CN(C2CCC(=O)NC2=O)C3=O)CC1. The van der Waals surface area contributed by atoms with Crippen molar-refractivity contribution in [3.05, 3.63) is 70.3 Å². The molecular weight excluding hydrogens is 402 g/mol. The van der Waals surface area contributed by atoms with E-state index in [1.165, 1.54) is 16.7 Å². The molecule has 3 aliphatic rings. The Kier molecular flexibility index (Phi) is 5.55. The molecule has 0 spiro atoms. The molecule has 0 saturated carbocycles. The van der Waals surface area contributed by atoms with Gasteiger partial charge in [-0.15, -0.1) is 0 Å². The van der Waals surface area contributed by atoms with Crippen LogP contribution in [0.2, 0.25) is 0 Å². The fourth-order valence-corrected chi connectivity index (χ4v) is 5.30. The van der Waals surface area contributed by atoms with E-state index in [0.29, 0.717) is 24.4 Å². The first-order valence-corrected chi connectivity index (χ1v) is 11.5. The molecule has 3 heterocycles. The summed E-state index contributed by atoms with van der Waals surface area (Å²) in [5.41, 5.74) is 5.72. The smallest absolute Gasteiger partial charge is 0.255 e. The van der Waals surface area contributed by atoms with Gasteiger partial charge in [-0.1, -0.05) is 36.4 Å². The summed E-state index contributed by atoms with van der Waals surface area (Å²) in [5.74, 6) is -0.225. The molecule has 5 rings (SSSR count). The maximum absolute atomic E-state index is 12.9. The summed E-state index contributed by atoms with van der Waals surface area (Å²) in [4.78, 5) is 40.8. The molecule has 3 amide bonds. The highest BCUT2D eigenvalue weighted by Crippen LogP contribution is 2.34. The Hall–Kier alpha value is -2.99. The minimum absolute atomic E-state index is 0.103. The third-order valence-corrected chi connectivity index (χ3v) is 7.26. The van der Waals surface area contributed by atoms with Crippen molar-refractivity contribution in [2.45, 2.75) is 57.7 Å². The van der Waals surface area contributed by atoms with E-state index < -0.39 is 6.04 Å². The second kappa shape index (κ2) is 8.51. The topological polar surface area (TPSA) is 69.7 Å². The first-order chi connectivity index (χ1) is 15.5. The van der Waals surface area contributed by atoms with Gasteiger partial charge in [0.05, 0.1) is 0 Å². The number of nitrogens with one attached hydrogen (secondary N) is 1. The molecule has 1 unspecified atom stereocenters. The van der Waals surface area contributed by atoms with E-state index in [1.54, 1.807) is 4.90 Å². The molecule has 6 heteroatoms. The van der Waals surface area contributed by atoms with Crippen LogP contribution in [0.5, 0.6) is 0 Å². The monoisotopic (exact) mass is 431 g/mol. The zero-order valence-corrected chi connectivity index (χ0v) is 18.5. The third-order valence-electron chi connectivity index (χ3n) is 7.26. The van der Waals surface area contributed by atoms with E-state index in [-0.39, 0.29) is 24.1 Å². The summed E-state index contributed by atoms with van der Waals surface area (Å²) in [5, 5.41) is 2.37. The van der Waals surface area contributed by atoms with Crippen LogP contribution in [0.1, 0.15) is 64.2 Å². The molecule has 1 atom stereocenters. The second-order valence-corrected chi connectivity index (χ2v) is 9.29. The summed E-state index contributed by atoms with van der Waals surface area (Å²) in [6.45, 7) is 5.75. The summed E-state index contributed by atoms with van der Waals surface area (Å²) < 4.78 is 0. The molecule has 2 aromatic carbocycles. The van der Waals surface area contributed by atoms with Crippen LogP contribution in [0.15, 0.2) is 42.5 Å². The van der Waals surface area contributed by atoms with E-state index in [0.717, 1.165) is 38.0 Å². The minimum Gasteiger partial charge on any atom is -0.322 e. The third kappa shape index (κ3) is 3.95. The van der Waals surface area contributed by atoms with Crippen molar-refractivity contribution in [2.75, 3.05) is 13.1 Å². The lowest BCUT2D eigenvalue weighted by atomic mass is 9.87. The van der Waals surface area contributed by atoms with Gasteiger partial charge in [-0.2, -0.15) is 0 Å². The second-order valence-electron chi connectivity index (χ2n) is 9.29. The lowest BCUT2D eigenvalue weighted by molar-refractivity contribution is -0.136. The molecule has 3 aliphatic heterocycles. The van der Waals surface area contributed by atoms with Crippen molar-refractivity contribution in [3.63, 3.8) is 0 Å². The van der Waals surface area contributed by atoms with Gasteiger partial charge in [0.2, 0.25) is 11.8 Å². The average Bonchev–Trinajstić information content (AvgIpc) is 3.11. The van der Waals surface area contributed by atoms with Gasteiger partial charge in [0.15, 0.2) is 0 Å². The van der Waals surface area contributed by atoms with Crippen LogP contribution in [0, 0.1) is 6.92 Å². The minimum atomic E-state index is -0.555. The molecule has 1 N–H and O–H groups in total. The number of carbonyl (C=O) groups is 3. The molecular formula is C26H29N3O3. The Balaban J connectivity index is 1.23. The van der Waals surface area contributed by atoms with Crippen molar-refractivity contribution in [3.8, 4) is 0 Å². The Morgan fingerprint density at radius 3 is 2.53 bits per heavy atom. The molecule has 2 aromatic rings. The van der Waals surface area contributed by atoms with Gasteiger partial charge in [0.25, 0.3) is 5.91 Å². The van der Waals surface area contributed by atoms with Crippen LogP contribution in [0.3, 0.4) is 0 Å². The highest BCUT2D eigenvalue weighted by atomic mass is 16.2. The number of piperidine rings is 2. The van der Waals surface area contributed by atoms with Gasteiger partial charge < -0.3 is 4.90 Å². The number of fused-ring (bicyclic) bond motifs is 1. The van der Waals surface area contributed by atoms with Gasteiger partial charge in [-0.3, -0.25) is 24.6 Å². The van der Waals surface area contributed by atoms with Gasteiger partial charge in [-0.25, -0.2) is 0 Å². The van der Waals surface area contributed by atoms with Crippen LogP contribution >= 0.6 is 0 Å². The van der Waals surface area contributed by atoms with Gasteiger partial charge in [0.1, 0.15) is 6.04 Å². The summed E-state index contributed by atoms with van der Waals surface area (Å²) in [7, 11) is 0. The molecule has 0 radical (unpaired) electrons. The van der Waals surface area contributed by atoms with Gasteiger partial charge in [0, 0.05) is 25.1 Å². The van der Waals surface area contributed by atoms with E-state index >= 15 is 0 Å². The molecule has 0 bridgehead atoms. The van der Waals surface area contributed by atoms with E-state index in [2.05, 4.69) is 53.5 Å². The van der Waals surface area contributed by atoms with Crippen molar-refractivity contribution in [2.24, 2.45) is 0 Å². The molecule has 32 heavy (non-hydrogen) atoms. The fourth-order valence-electron chi connectivity index (χ4n) is 5.30. The number of likely N-dealkylation sites (tertiary alicyclic amines) is 1. The highest BCUT2D eigenvalue weighted by Gasteiger charge is 2.39. The molecule has 2 fully saturated rings. The number of hydrogen-bond donors (Lipinski definition) is 1. The largest absolute Gasteiger partial charge is 0.322 e. The Bertz CT molecular complexity index is 1070. The van der Waals surface area contributed by atoms with Crippen LogP contribution < -0.4 is 5.32 Å². The van der Waals surface area contributed by atoms with Crippen LogP contribution in [0.25, 0.3) is 0 Å². The Morgan fingerprint density at radius 1 is 1.00 bits per heavy atom. The number of nitrogens with zero attached hydrogens (tertiary/aromatic N) is 2. The van der Waals surface area contributed by atoms with Crippen LogP contribution in [-0.2, 0) is 22.7 Å². The van der Waals surface area contributed by atoms with E-state index in [4.69, 9.17) is 0 Å². The van der Waals surface area contributed by atoms with Crippen LogP contribution in [0.4, 0.5) is 0 Å².